The predicted molar refractivity (Wildman–Crippen MR) is 289 cm³/mol. The van der Waals surface area contributed by atoms with Crippen LogP contribution < -0.4 is 0 Å². The molecule has 0 aliphatic heterocycles. The summed E-state index contributed by atoms with van der Waals surface area (Å²) in [7, 11) is 0. The Morgan fingerprint density at radius 3 is 1.41 bits per heavy atom. The van der Waals surface area contributed by atoms with E-state index in [1.165, 1.54) is 92.9 Å². The SMILES string of the molecule is CC(C)CC(C)(C)c1cc(-c2ccccc2-c2cccc(-c3ccccc3-c3cc(C(C)(C)CC(C)(C)C)cc(C45CC6CC(CC(C6)C4)C5)c3O)n2)c(O)c(C23CCCC(CCC2)C3)c1.[CH3-].[CH3-].[Zr+2]. The summed E-state index contributed by atoms with van der Waals surface area (Å²) in [5.41, 5.74) is 12.9. The molecule has 0 radical (unpaired) electrons. The zero-order valence-electron chi connectivity index (χ0n) is 44.5. The Balaban J connectivity index is 0.00000234. The normalized spacial score (nSPS) is 25.1. The first-order chi connectivity index (χ1) is 31.3. The monoisotopic (exact) mass is 1000 g/mol. The fourth-order valence-electron chi connectivity index (χ4n) is 16.0. The van der Waals surface area contributed by atoms with Crippen molar-refractivity contribution in [1.82, 2.24) is 4.98 Å². The van der Waals surface area contributed by atoms with Gasteiger partial charge < -0.3 is 25.1 Å². The largest absolute Gasteiger partial charge is 2.00 e. The summed E-state index contributed by atoms with van der Waals surface area (Å²) >= 11 is 0. The van der Waals surface area contributed by atoms with Gasteiger partial charge in [-0.15, -0.1) is 0 Å². The van der Waals surface area contributed by atoms with Crippen molar-refractivity contribution in [2.24, 2.45) is 35.0 Å². The minimum absolute atomic E-state index is 0. The smallest absolute Gasteiger partial charge is 0.507 e. The number of pyridine rings is 1. The zero-order chi connectivity index (χ0) is 46.4. The predicted octanol–water partition coefficient (Wildman–Crippen LogP) is 18.2. The van der Waals surface area contributed by atoms with Crippen LogP contribution in [0, 0.1) is 49.9 Å². The topological polar surface area (TPSA) is 53.4 Å². The van der Waals surface area contributed by atoms with Gasteiger partial charge >= 0.3 is 26.2 Å². The van der Waals surface area contributed by atoms with Gasteiger partial charge in [0.25, 0.3) is 0 Å². The van der Waals surface area contributed by atoms with Crippen LogP contribution in [0.25, 0.3) is 44.8 Å². The van der Waals surface area contributed by atoms with Gasteiger partial charge in [-0.2, -0.15) is 0 Å². The molecule has 69 heavy (non-hydrogen) atoms. The van der Waals surface area contributed by atoms with Gasteiger partial charge in [0.2, 0.25) is 0 Å². The summed E-state index contributed by atoms with van der Waals surface area (Å²) in [6.07, 6.45) is 18.5. The molecule has 0 amide bonds. The molecule has 6 bridgehead atoms. The maximum atomic E-state index is 12.9. The maximum absolute atomic E-state index is 12.9. The molecule has 2 N–H and O–H groups in total. The maximum Gasteiger partial charge on any atom is 2.00 e. The molecule has 366 valence electrons. The van der Waals surface area contributed by atoms with Crippen LogP contribution in [0.3, 0.4) is 0 Å². The van der Waals surface area contributed by atoms with E-state index in [1.54, 1.807) is 0 Å². The molecule has 6 aliphatic rings. The summed E-state index contributed by atoms with van der Waals surface area (Å²) < 4.78 is 0. The molecule has 1 aromatic heterocycles. The summed E-state index contributed by atoms with van der Waals surface area (Å²) in [6.45, 7) is 21.3. The minimum atomic E-state index is -0.0867. The Hall–Kier alpha value is -3.49. The van der Waals surface area contributed by atoms with Crippen molar-refractivity contribution in [3.05, 3.63) is 128 Å². The van der Waals surface area contributed by atoms with E-state index in [-0.39, 0.29) is 68.1 Å². The Morgan fingerprint density at radius 1 is 0.536 bits per heavy atom. The number of aromatic hydroxyl groups is 2. The average molecular weight is 1000 g/mol. The van der Waals surface area contributed by atoms with Gasteiger partial charge in [-0.1, -0.05) is 155 Å². The summed E-state index contributed by atoms with van der Waals surface area (Å²) in [6, 6.07) is 33.2. The second kappa shape index (κ2) is 19.8. The van der Waals surface area contributed by atoms with Crippen LogP contribution in [-0.4, -0.2) is 15.2 Å². The van der Waals surface area contributed by atoms with Crippen LogP contribution >= 0.6 is 0 Å². The molecule has 6 fully saturated rings. The van der Waals surface area contributed by atoms with Gasteiger partial charge in [-0.3, -0.25) is 0 Å². The van der Waals surface area contributed by atoms with Crippen LogP contribution in [0.1, 0.15) is 181 Å². The Morgan fingerprint density at radius 2 is 0.957 bits per heavy atom. The third kappa shape index (κ3) is 10.2. The minimum Gasteiger partial charge on any atom is -0.507 e. The number of fused-ring (bicyclic) bond motifs is 2. The first-order valence-electron chi connectivity index (χ1n) is 26.2. The Labute approximate surface area is 438 Å². The van der Waals surface area contributed by atoms with Crippen molar-refractivity contribution in [2.75, 3.05) is 0 Å². The average Bonchev–Trinajstić information content (AvgIpc) is 3.25. The molecule has 0 saturated heterocycles. The molecule has 0 unspecified atom stereocenters. The second-order valence-electron chi connectivity index (χ2n) is 25.8. The standard InChI is InChI=1S/C63H79NO2.2CH3.Zr/c1-40(2)34-60(6,7)45-30-51(57(65)53(32-45)62-25-15-17-41(35-62)18-16-26-62)47-19-10-12-21-49(47)55-23-14-24-56(64-55)50-22-13-11-20-48(50)52-31-46(61(8,9)39-59(3,4)5)33-54(58(52)66)63-36-42-27-43(37-63)29-44(28-42)38-63;;;/h10-14,19-24,30-33,40-44,65-66H,15-18,25-29,34-39H2,1-9H3;2*1H3;/q;2*-1;+2. The molecule has 4 heteroatoms. The third-order valence-corrected chi connectivity index (χ3v) is 17.8. The molecule has 4 aromatic carbocycles. The molecule has 5 aromatic rings. The number of nitrogens with zero attached hydrogens (tertiary/aromatic N) is 1. The molecule has 0 spiro atoms. The third-order valence-electron chi connectivity index (χ3n) is 17.8. The number of rotatable bonds is 11. The van der Waals surface area contributed by atoms with Crippen molar-refractivity contribution in [3.8, 4) is 56.3 Å². The van der Waals surface area contributed by atoms with E-state index in [9.17, 15) is 10.2 Å². The van der Waals surface area contributed by atoms with Gasteiger partial charge in [0.05, 0.1) is 11.4 Å². The molecule has 0 atom stereocenters. The number of benzene rings is 4. The first-order valence-corrected chi connectivity index (χ1v) is 26.2. The molecule has 3 nitrogen and oxygen atoms in total. The van der Waals surface area contributed by atoms with Crippen LogP contribution in [0.15, 0.2) is 91.0 Å². The fourth-order valence-corrected chi connectivity index (χ4v) is 16.0. The Kier molecular flexibility index (Phi) is 15.3. The van der Waals surface area contributed by atoms with Crippen molar-refractivity contribution >= 4 is 0 Å². The van der Waals surface area contributed by atoms with Crippen LogP contribution in [0.2, 0.25) is 0 Å². The van der Waals surface area contributed by atoms with Gasteiger partial charge in [0, 0.05) is 33.4 Å². The van der Waals surface area contributed by atoms with Gasteiger partial charge in [-0.05, 0) is 174 Å². The molecule has 1 heterocycles. The number of aromatic nitrogens is 1. The first kappa shape index (κ1) is 53.3. The van der Waals surface area contributed by atoms with E-state index in [4.69, 9.17) is 4.98 Å². The fraction of sp³-hybridized carbons (Fsp3) is 0.523. The summed E-state index contributed by atoms with van der Waals surface area (Å²) in [5.74, 6) is 4.60. The van der Waals surface area contributed by atoms with E-state index >= 15 is 0 Å². The van der Waals surface area contributed by atoms with Crippen molar-refractivity contribution < 1.29 is 36.4 Å². The van der Waals surface area contributed by atoms with E-state index < -0.39 is 0 Å². The molecular formula is C65H85NO2Zr. The summed E-state index contributed by atoms with van der Waals surface area (Å²) in [5, 5.41) is 25.6. The van der Waals surface area contributed by atoms with Crippen molar-refractivity contribution in [1.29, 1.82) is 0 Å². The quantitative estimate of drug-likeness (QED) is 0.130. The summed E-state index contributed by atoms with van der Waals surface area (Å²) in [4.78, 5) is 5.55. The number of hydrogen-bond acceptors (Lipinski definition) is 3. The van der Waals surface area contributed by atoms with E-state index in [1.807, 2.05) is 0 Å². The Bertz CT molecular complexity index is 2580. The van der Waals surface area contributed by atoms with Crippen LogP contribution in [0.5, 0.6) is 11.5 Å². The van der Waals surface area contributed by atoms with Crippen LogP contribution in [0.4, 0.5) is 0 Å². The molecule has 6 saturated carbocycles. The number of hydrogen-bond donors (Lipinski definition) is 2. The molecule has 6 aliphatic carbocycles. The van der Waals surface area contributed by atoms with Gasteiger partial charge in [0.15, 0.2) is 0 Å². The van der Waals surface area contributed by atoms with E-state index in [2.05, 4.69) is 153 Å². The van der Waals surface area contributed by atoms with Crippen molar-refractivity contribution in [2.45, 2.75) is 180 Å². The zero-order valence-corrected chi connectivity index (χ0v) is 47.0. The van der Waals surface area contributed by atoms with Gasteiger partial charge in [-0.25, -0.2) is 4.98 Å². The second-order valence-corrected chi connectivity index (χ2v) is 25.8. The van der Waals surface area contributed by atoms with Gasteiger partial charge in [0.1, 0.15) is 11.5 Å². The number of phenols is 2. The molecule has 11 rings (SSSR count). The number of phenolic OH excluding ortho intramolecular Hbond substituents is 2. The molecular weight excluding hydrogens is 918 g/mol. The van der Waals surface area contributed by atoms with E-state index in [0.29, 0.717) is 17.4 Å². The van der Waals surface area contributed by atoms with E-state index in [0.717, 1.165) is 94.1 Å². The van der Waals surface area contributed by atoms with Crippen LogP contribution in [-0.2, 0) is 47.9 Å². The van der Waals surface area contributed by atoms with Crippen molar-refractivity contribution in [3.63, 3.8) is 0 Å².